The van der Waals surface area contributed by atoms with E-state index in [4.69, 9.17) is 13.6 Å². The molecule has 156 valence electrons. The highest BCUT2D eigenvalue weighted by Crippen LogP contribution is 2.28. The van der Waals surface area contributed by atoms with E-state index >= 15 is 0 Å². The molecule has 1 atom stereocenters. The molecule has 4 aromatic rings. The summed E-state index contributed by atoms with van der Waals surface area (Å²) in [7, 11) is 0. The number of esters is 1. The van der Waals surface area contributed by atoms with Crippen molar-refractivity contribution >= 4 is 11.9 Å². The van der Waals surface area contributed by atoms with E-state index in [2.05, 4.69) is 10.3 Å². The molecule has 0 radical (unpaired) electrons. The Labute approximate surface area is 178 Å². The Morgan fingerprint density at radius 3 is 2.58 bits per heavy atom. The third-order valence-corrected chi connectivity index (χ3v) is 4.62. The Morgan fingerprint density at radius 2 is 1.81 bits per heavy atom. The average molecular weight is 416 g/mol. The number of ether oxygens (including phenoxy) is 1. The number of nitrogens with one attached hydrogen (secondary N) is 1. The monoisotopic (exact) mass is 416 g/mol. The third kappa shape index (κ3) is 4.72. The van der Waals surface area contributed by atoms with Gasteiger partial charge in [0, 0.05) is 5.56 Å². The number of hydrogen-bond acceptors (Lipinski definition) is 6. The standard InChI is InChI=1S/C24H20N2O5/c1-16(20-12-7-13-29-20)26-22(27)15-30-24(28)19-11-6-5-10-18(19)23-25-14-21(31-23)17-8-3-2-4-9-17/h2-14,16H,15H2,1H3,(H,26,27)/t16-/m0/s1. The van der Waals surface area contributed by atoms with Crippen molar-refractivity contribution in [1.29, 1.82) is 0 Å². The van der Waals surface area contributed by atoms with Crippen molar-refractivity contribution in [3.05, 3.63) is 90.5 Å². The second-order valence-electron chi connectivity index (χ2n) is 6.82. The van der Waals surface area contributed by atoms with Crippen LogP contribution >= 0.6 is 0 Å². The molecule has 7 heteroatoms. The van der Waals surface area contributed by atoms with Crippen LogP contribution in [0.2, 0.25) is 0 Å². The summed E-state index contributed by atoms with van der Waals surface area (Å²) in [4.78, 5) is 29.1. The quantitative estimate of drug-likeness (QED) is 0.441. The van der Waals surface area contributed by atoms with Gasteiger partial charge in [0.15, 0.2) is 12.4 Å². The predicted molar refractivity (Wildman–Crippen MR) is 113 cm³/mol. The molecule has 0 spiro atoms. The first kappa shape index (κ1) is 20.2. The van der Waals surface area contributed by atoms with Crippen molar-refractivity contribution in [2.45, 2.75) is 13.0 Å². The van der Waals surface area contributed by atoms with E-state index in [0.717, 1.165) is 5.56 Å². The van der Waals surface area contributed by atoms with Crippen molar-refractivity contribution in [2.24, 2.45) is 0 Å². The number of aromatic nitrogens is 1. The van der Waals surface area contributed by atoms with Gasteiger partial charge in [-0.1, -0.05) is 42.5 Å². The minimum Gasteiger partial charge on any atom is -0.467 e. The minimum atomic E-state index is -0.643. The van der Waals surface area contributed by atoms with Crippen LogP contribution in [0.5, 0.6) is 0 Å². The van der Waals surface area contributed by atoms with E-state index in [-0.39, 0.29) is 11.6 Å². The smallest absolute Gasteiger partial charge is 0.339 e. The Bertz CT molecular complexity index is 1170. The van der Waals surface area contributed by atoms with Crippen LogP contribution in [-0.4, -0.2) is 23.5 Å². The molecule has 0 aliphatic carbocycles. The number of benzene rings is 2. The SMILES string of the molecule is C[C@H](NC(=O)COC(=O)c1ccccc1-c1ncc(-c2ccccc2)o1)c1ccco1. The van der Waals surface area contributed by atoms with Crippen LogP contribution in [0.1, 0.15) is 29.1 Å². The van der Waals surface area contributed by atoms with E-state index in [1.54, 1.807) is 49.5 Å². The highest BCUT2D eigenvalue weighted by Gasteiger charge is 2.20. The van der Waals surface area contributed by atoms with Gasteiger partial charge in [-0.15, -0.1) is 0 Å². The van der Waals surface area contributed by atoms with E-state index in [9.17, 15) is 9.59 Å². The summed E-state index contributed by atoms with van der Waals surface area (Å²) >= 11 is 0. The lowest BCUT2D eigenvalue weighted by molar-refractivity contribution is -0.125. The summed E-state index contributed by atoms with van der Waals surface area (Å²) in [6.07, 6.45) is 3.14. The van der Waals surface area contributed by atoms with Gasteiger partial charge in [-0.2, -0.15) is 0 Å². The molecule has 0 aliphatic heterocycles. The first-order valence-corrected chi connectivity index (χ1v) is 9.72. The van der Waals surface area contributed by atoms with Crippen molar-refractivity contribution in [2.75, 3.05) is 6.61 Å². The van der Waals surface area contributed by atoms with Crippen molar-refractivity contribution in [1.82, 2.24) is 10.3 Å². The average Bonchev–Trinajstić information content (AvgIpc) is 3.51. The van der Waals surface area contributed by atoms with Crippen LogP contribution in [-0.2, 0) is 9.53 Å². The Balaban J connectivity index is 1.44. The molecule has 4 rings (SSSR count). The number of carbonyl (C=O) groups is 2. The number of furan rings is 1. The number of amides is 1. The highest BCUT2D eigenvalue weighted by atomic mass is 16.5. The molecule has 1 amide bonds. The minimum absolute atomic E-state index is 0.260. The van der Waals surface area contributed by atoms with Crippen molar-refractivity contribution < 1.29 is 23.2 Å². The maximum atomic E-state index is 12.6. The normalized spacial score (nSPS) is 11.6. The maximum absolute atomic E-state index is 12.6. The fourth-order valence-electron chi connectivity index (χ4n) is 3.08. The molecular weight excluding hydrogens is 396 g/mol. The number of rotatable bonds is 7. The second kappa shape index (κ2) is 9.13. The first-order valence-electron chi connectivity index (χ1n) is 9.72. The zero-order valence-corrected chi connectivity index (χ0v) is 16.8. The van der Waals surface area contributed by atoms with Gasteiger partial charge in [0.25, 0.3) is 5.91 Å². The number of oxazole rings is 1. The number of carbonyl (C=O) groups excluding carboxylic acids is 2. The zero-order valence-electron chi connectivity index (χ0n) is 16.8. The van der Waals surface area contributed by atoms with Gasteiger partial charge in [-0.3, -0.25) is 4.79 Å². The van der Waals surface area contributed by atoms with Crippen LogP contribution in [0.3, 0.4) is 0 Å². The molecule has 7 nitrogen and oxygen atoms in total. The Morgan fingerprint density at radius 1 is 1.03 bits per heavy atom. The van der Waals surface area contributed by atoms with Gasteiger partial charge in [0.1, 0.15) is 5.76 Å². The van der Waals surface area contributed by atoms with Crippen LogP contribution in [0.4, 0.5) is 0 Å². The molecule has 0 unspecified atom stereocenters. The largest absolute Gasteiger partial charge is 0.467 e. The van der Waals surface area contributed by atoms with E-state index in [1.807, 2.05) is 30.3 Å². The first-order chi connectivity index (χ1) is 15.1. The van der Waals surface area contributed by atoms with Crippen LogP contribution in [0.25, 0.3) is 22.8 Å². The van der Waals surface area contributed by atoms with Gasteiger partial charge in [-0.25, -0.2) is 9.78 Å². The number of hydrogen-bond donors (Lipinski definition) is 1. The molecule has 0 saturated carbocycles. The summed E-state index contributed by atoms with van der Waals surface area (Å²) in [5.74, 6) is 0.420. The molecule has 2 aromatic heterocycles. The summed E-state index contributed by atoms with van der Waals surface area (Å²) in [5, 5.41) is 2.72. The van der Waals surface area contributed by atoms with Gasteiger partial charge in [-0.05, 0) is 31.2 Å². The van der Waals surface area contributed by atoms with E-state index in [1.165, 1.54) is 6.26 Å². The van der Waals surface area contributed by atoms with Crippen LogP contribution in [0, 0.1) is 0 Å². The van der Waals surface area contributed by atoms with Gasteiger partial charge < -0.3 is 18.9 Å². The van der Waals surface area contributed by atoms with E-state index in [0.29, 0.717) is 23.0 Å². The molecule has 2 heterocycles. The Kier molecular flexibility index (Phi) is 5.93. The van der Waals surface area contributed by atoms with Gasteiger partial charge in [0.05, 0.1) is 29.6 Å². The molecule has 0 bridgehead atoms. The summed E-state index contributed by atoms with van der Waals surface area (Å²) in [6.45, 7) is 1.36. The fourth-order valence-corrected chi connectivity index (χ4v) is 3.08. The lowest BCUT2D eigenvalue weighted by Crippen LogP contribution is -2.31. The van der Waals surface area contributed by atoms with Crippen LogP contribution < -0.4 is 5.32 Å². The molecule has 2 aromatic carbocycles. The third-order valence-electron chi connectivity index (χ3n) is 4.62. The summed E-state index contributed by atoms with van der Waals surface area (Å²) in [5.41, 5.74) is 1.62. The molecule has 0 aliphatic rings. The molecule has 0 saturated heterocycles. The molecule has 1 N–H and O–H groups in total. The van der Waals surface area contributed by atoms with Crippen LogP contribution in [0.15, 0.2) is 88.0 Å². The Hall–Kier alpha value is -4.13. The van der Waals surface area contributed by atoms with E-state index < -0.39 is 18.5 Å². The highest BCUT2D eigenvalue weighted by molar-refractivity contribution is 5.97. The maximum Gasteiger partial charge on any atom is 0.339 e. The fraction of sp³-hybridized carbons (Fsp3) is 0.125. The topological polar surface area (TPSA) is 94.6 Å². The van der Waals surface area contributed by atoms with Gasteiger partial charge >= 0.3 is 5.97 Å². The van der Waals surface area contributed by atoms with Crippen molar-refractivity contribution in [3.63, 3.8) is 0 Å². The molecule has 0 fully saturated rings. The zero-order chi connectivity index (χ0) is 21.6. The van der Waals surface area contributed by atoms with Crippen molar-refractivity contribution in [3.8, 4) is 22.8 Å². The lowest BCUT2D eigenvalue weighted by Gasteiger charge is -2.12. The second-order valence-corrected chi connectivity index (χ2v) is 6.82. The molecule has 31 heavy (non-hydrogen) atoms. The summed E-state index contributed by atoms with van der Waals surface area (Å²) < 4.78 is 16.3. The molecular formula is C24H20N2O5. The summed E-state index contributed by atoms with van der Waals surface area (Å²) in [6, 6.07) is 19.5. The van der Waals surface area contributed by atoms with Gasteiger partial charge in [0.2, 0.25) is 5.89 Å². The predicted octanol–water partition coefficient (Wildman–Crippen LogP) is 4.64. The number of nitrogens with zero attached hydrogens (tertiary/aromatic N) is 1. The lowest BCUT2D eigenvalue weighted by atomic mass is 10.1.